The van der Waals surface area contributed by atoms with Gasteiger partial charge in [-0.2, -0.15) is 0 Å². The highest BCUT2D eigenvalue weighted by Crippen LogP contribution is 2.25. The Morgan fingerprint density at radius 2 is 2.04 bits per heavy atom. The van der Waals surface area contributed by atoms with Crippen LogP contribution in [0.1, 0.15) is 30.8 Å². The molecule has 0 N–H and O–H groups in total. The lowest BCUT2D eigenvalue weighted by Gasteiger charge is -2.15. The summed E-state index contributed by atoms with van der Waals surface area (Å²) in [7, 11) is 1.80. The van der Waals surface area contributed by atoms with Gasteiger partial charge in [-0.3, -0.25) is 4.79 Å². The van der Waals surface area contributed by atoms with Crippen LogP contribution in [0.3, 0.4) is 0 Å². The number of aromatic nitrogens is 1. The number of nitrogens with zero attached hydrogens (tertiary/aromatic N) is 2. The lowest BCUT2D eigenvalue weighted by Crippen LogP contribution is -2.25. The molecule has 0 spiro atoms. The molecule has 1 amide bonds. The third-order valence-electron chi connectivity index (χ3n) is 3.67. The van der Waals surface area contributed by atoms with Gasteiger partial charge in [-0.15, -0.1) is 22.7 Å². The maximum absolute atomic E-state index is 13.0. The smallest absolute Gasteiger partial charge is 0.265 e. The predicted molar refractivity (Wildman–Crippen MR) is 104 cm³/mol. The third-order valence-corrected chi connectivity index (χ3v) is 6.49. The van der Waals surface area contributed by atoms with E-state index in [1.54, 1.807) is 35.4 Å². The lowest BCUT2D eigenvalue weighted by atomic mass is 10.1. The fourth-order valence-electron chi connectivity index (χ4n) is 2.42. The highest BCUT2D eigenvalue weighted by Gasteiger charge is 2.19. The molecule has 130 valence electrons. The largest absolute Gasteiger partial charge is 0.336 e. The predicted octanol–water partition coefficient (Wildman–Crippen LogP) is 5.28. The van der Waals surface area contributed by atoms with Crippen LogP contribution in [0.5, 0.6) is 0 Å². The van der Waals surface area contributed by atoms with Crippen LogP contribution in [0.2, 0.25) is 0 Å². The van der Waals surface area contributed by atoms with Gasteiger partial charge in [0.25, 0.3) is 5.91 Å². The van der Waals surface area contributed by atoms with Crippen molar-refractivity contribution in [3.8, 4) is 0 Å². The Labute approximate surface area is 162 Å². The molecule has 7 heteroatoms. The number of carbonyl (C=O) groups is 1. The van der Waals surface area contributed by atoms with Gasteiger partial charge in [-0.1, -0.05) is 12.1 Å². The number of amides is 1. The minimum Gasteiger partial charge on any atom is -0.336 e. The summed E-state index contributed by atoms with van der Waals surface area (Å²) in [5.74, 6) is -0.276. The van der Waals surface area contributed by atoms with Gasteiger partial charge in [0.2, 0.25) is 0 Å². The van der Waals surface area contributed by atoms with Crippen LogP contribution in [-0.4, -0.2) is 22.8 Å². The van der Waals surface area contributed by atoms with Gasteiger partial charge in [-0.05, 0) is 46.6 Å². The summed E-state index contributed by atoms with van der Waals surface area (Å²) >= 11 is 6.46. The van der Waals surface area contributed by atoms with Crippen molar-refractivity contribution in [2.75, 3.05) is 7.05 Å². The van der Waals surface area contributed by atoms with Crippen LogP contribution in [0.4, 0.5) is 4.39 Å². The summed E-state index contributed by atoms with van der Waals surface area (Å²) in [6, 6.07) is 8.39. The normalized spacial score (nSPS) is 10.9. The number of thiophene rings is 1. The first-order valence-corrected chi connectivity index (χ1v) is 10.1. The van der Waals surface area contributed by atoms with E-state index < -0.39 is 0 Å². The lowest BCUT2D eigenvalue weighted by molar-refractivity contribution is 0.0790. The second-order valence-corrected chi connectivity index (χ2v) is 8.71. The van der Waals surface area contributed by atoms with Gasteiger partial charge < -0.3 is 4.90 Å². The van der Waals surface area contributed by atoms with Crippen LogP contribution < -0.4 is 0 Å². The number of thiazole rings is 1. The minimum atomic E-state index is -0.253. The quantitative estimate of drug-likeness (QED) is 0.542. The van der Waals surface area contributed by atoms with E-state index in [1.165, 1.54) is 23.5 Å². The fraction of sp³-hybridized carbons (Fsp3) is 0.222. The molecular weight excluding hydrogens is 423 g/mol. The molecule has 1 aromatic carbocycles. The first-order chi connectivity index (χ1) is 11.9. The molecule has 0 aliphatic heterocycles. The molecule has 0 aliphatic rings. The Morgan fingerprint density at radius 1 is 1.32 bits per heavy atom. The molecule has 2 aromatic heterocycles. The average molecular weight is 439 g/mol. The summed E-state index contributed by atoms with van der Waals surface area (Å²) in [5, 5.41) is 2.87. The van der Waals surface area contributed by atoms with Crippen molar-refractivity contribution in [3.63, 3.8) is 0 Å². The second kappa shape index (κ2) is 7.76. The Balaban J connectivity index is 1.72. The molecule has 3 nitrogen and oxygen atoms in total. The molecular formula is C18H16BrFN2OS2. The van der Waals surface area contributed by atoms with Crippen LogP contribution in [0.25, 0.3) is 0 Å². The molecule has 0 aliphatic carbocycles. The second-order valence-electron chi connectivity index (χ2n) is 5.72. The molecule has 0 fully saturated rings. The summed E-state index contributed by atoms with van der Waals surface area (Å²) in [6.07, 6.45) is 0.598. The van der Waals surface area contributed by atoms with Crippen molar-refractivity contribution in [1.82, 2.24) is 9.88 Å². The van der Waals surface area contributed by atoms with Gasteiger partial charge in [0.05, 0.1) is 17.2 Å². The highest BCUT2D eigenvalue weighted by molar-refractivity contribution is 9.10. The van der Waals surface area contributed by atoms with Crippen LogP contribution >= 0.6 is 38.6 Å². The summed E-state index contributed by atoms with van der Waals surface area (Å²) in [4.78, 5) is 20.7. The number of hydrogen-bond acceptors (Lipinski definition) is 4. The molecule has 0 saturated heterocycles. The van der Waals surface area contributed by atoms with Gasteiger partial charge in [-0.25, -0.2) is 9.37 Å². The van der Waals surface area contributed by atoms with Crippen LogP contribution in [-0.2, 0) is 13.0 Å². The Morgan fingerprint density at radius 3 is 2.68 bits per heavy atom. The Bertz CT molecular complexity index is 889. The summed E-state index contributed by atoms with van der Waals surface area (Å²) < 4.78 is 14.0. The molecule has 3 aromatic rings. The zero-order valence-electron chi connectivity index (χ0n) is 13.8. The van der Waals surface area contributed by atoms with Gasteiger partial charge in [0.15, 0.2) is 0 Å². The first kappa shape index (κ1) is 18.2. The minimum absolute atomic E-state index is 0.0233. The summed E-state index contributed by atoms with van der Waals surface area (Å²) in [5.41, 5.74) is 1.72. The Hall–Kier alpha value is -1.57. The zero-order valence-corrected chi connectivity index (χ0v) is 17.0. The monoisotopic (exact) mass is 438 g/mol. The van der Waals surface area contributed by atoms with Crippen molar-refractivity contribution in [1.29, 1.82) is 0 Å². The number of hydrogen-bond donors (Lipinski definition) is 0. The zero-order chi connectivity index (χ0) is 18.0. The number of benzene rings is 1. The van der Waals surface area contributed by atoms with E-state index in [0.717, 1.165) is 25.6 Å². The highest BCUT2D eigenvalue weighted by atomic mass is 79.9. The molecule has 0 atom stereocenters. The van der Waals surface area contributed by atoms with E-state index in [1.807, 2.05) is 18.4 Å². The summed E-state index contributed by atoms with van der Waals surface area (Å²) in [6.45, 7) is 2.42. The number of aryl methyl sites for hydroxylation is 1. The topological polar surface area (TPSA) is 33.2 Å². The Kier molecular flexibility index (Phi) is 5.66. The fourth-order valence-corrected chi connectivity index (χ4v) is 5.02. The number of carbonyl (C=O) groups excluding carboxylic acids is 1. The van der Waals surface area contributed by atoms with E-state index in [0.29, 0.717) is 17.8 Å². The maximum atomic E-state index is 13.0. The third kappa shape index (κ3) is 4.54. The van der Waals surface area contributed by atoms with E-state index in [-0.39, 0.29) is 11.7 Å². The molecule has 0 unspecified atom stereocenters. The van der Waals surface area contributed by atoms with Crippen molar-refractivity contribution >= 4 is 44.5 Å². The van der Waals surface area contributed by atoms with E-state index in [2.05, 4.69) is 20.9 Å². The maximum Gasteiger partial charge on any atom is 0.265 e. The first-order valence-electron chi connectivity index (χ1n) is 7.61. The van der Waals surface area contributed by atoms with Gasteiger partial charge in [0, 0.05) is 28.2 Å². The van der Waals surface area contributed by atoms with Crippen molar-refractivity contribution in [2.45, 2.75) is 19.9 Å². The molecule has 0 radical (unpaired) electrons. The van der Waals surface area contributed by atoms with Crippen LogP contribution in [0.15, 0.2) is 40.2 Å². The number of rotatable bonds is 5. The molecule has 3 rings (SSSR count). The van der Waals surface area contributed by atoms with Gasteiger partial charge in [0.1, 0.15) is 10.7 Å². The van der Waals surface area contributed by atoms with E-state index >= 15 is 0 Å². The average Bonchev–Trinajstić information content (AvgIpc) is 3.14. The van der Waals surface area contributed by atoms with E-state index in [4.69, 9.17) is 0 Å². The molecule has 2 heterocycles. The standard InChI is InChI=1S/C18H16BrFN2OS2/c1-11-17(18(23)22(2)9-15-8-13(19)10-24-15)25-16(21-11)7-12-3-5-14(20)6-4-12/h3-6,8,10H,7,9H2,1-2H3. The number of halogens is 2. The molecule has 0 bridgehead atoms. The van der Waals surface area contributed by atoms with Crippen molar-refractivity contribution in [3.05, 3.63) is 72.0 Å². The molecule has 0 saturated carbocycles. The van der Waals surface area contributed by atoms with E-state index in [9.17, 15) is 9.18 Å². The SMILES string of the molecule is Cc1nc(Cc2ccc(F)cc2)sc1C(=O)N(C)Cc1cc(Br)cs1. The van der Waals surface area contributed by atoms with Crippen molar-refractivity contribution < 1.29 is 9.18 Å². The van der Waals surface area contributed by atoms with Gasteiger partial charge >= 0.3 is 0 Å². The van der Waals surface area contributed by atoms with Crippen LogP contribution in [0, 0.1) is 12.7 Å². The van der Waals surface area contributed by atoms with Crippen molar-refractivity contribution in [2.24, 2.45) is 0 Å². The molecule has 25 heavy (non-hydrogen) atoms.